The summed E-state index contributed by atoms with van der Waals surface area (Å²) < 4.78 is 32.3. The van der Waals surface area contributed by atoms with Crippen LogP contribution in [0.4, 0.5) is 8.78 Å². The highest BCUT2D eigenvalue weighted by Crippen LogP contribution is 2.23. The first kappa shape index (κ1) is 21.0. The number of Topliss-reactive ketones (excluding diaryl/α,β-unsaturated/α-hetero) is 1. The summed E-state index contributed by atoms with van der Waals surface area (Å²) in [7, 11) is 0. The van der Waals surface area contributed by atoms with Gasteiger partial charge in [0.2, 0.25) is 5.91 Å². The van der Waals surface area contributed by atoms with Crippen LogP contribution < -0.4 is 4.74 Å². The first-order valence-electron chi connectivity index (χ1n) is 9.83. The Hall–Kier alpha value is -2.76. The van der Waals surface area contributed by atoms with Crippen molar-refractivity contribution in [1.82, 2.24) is 4.90 Å². The highest BCUT2D eigenvalue weighted by atomic mass is 19.1. The molecule has 154 valence electrons. The number of piperidine rings is 1. The molecule has 0 radical (unpaired) electrons. The van der Waals surface area contributed by atoms with E-state index < -0.39 is 11.6 Å². The second kappa shape index (κ2) is 9.16. The Morgan fingerprint density at radius 2 is 1.76 bits per heavy atom. The van der Waals surface area contributed by atoms with Gasteiger partial charge in [-0.3, -0.25) is 9.59 Å². The number of carbonyl (C=O) groups excluding carboxylic acids is 2. The van der Waals surface area contributed by atoms with Crippen molar-refractivity contribution >= 4 is 11.7 Å². The summed E-state index contributed by atoms with van der Waals surface area (Å²) in [5.41, 5.74) is 2.61. The van der Waals surface area contributed by atoms with Crippen LogP contribution in [0.3, 0.4) is 0 Å². The maximum Gasteiger partial charge on any atom is 0.223 e. The number of ether oxygens (including phenoxy) is 1. The number of rotatable bonds is 6. The molecular formula is C23H25F2NO3. The van der Waals surface area contributed by atoms with E-state index in [1.54, 1.807) is 4.90 Å². The lowest BCUT2D eigenvalue weighted by Gasteiger charge is -2.32. The molecule has 0 unspecified atom stereocenters. The van der Waals surface area contributed by atoms with Crippen molar-refractivity contribution in [3.05, 3.63) is 64.7 Å². The van der Waals surface area contributed by atoms with Gasteiger partial charge >= 0.3 is 0 Å². The van der Waals surface area contributed by atoms with Gasteiger partial charge in [0.25, 0.3) is 0 Å². The highest BCUT2D eigenvalue weighted by Gasteiger charge is 2.25. The number of amides is 1. The Kier molecular flexibility index (Phi) is 6.62. The fraction of sp³-hybridized carbons (Fsp3) is 0.391. The fourth-order valence-electron chi connectivity index (χ4n) is 3.52. The van der Waals surface area contributed by atoms with Gasteiger partial charge in [-0.15, -0.1) is 0 Å². The summed E-state index contributed by atoms with van der Waals surface area (Å²) in [6.07, 6.45) is 1.25. The van der Waals surface area contributed by atoms with E-state index in [1.807, 2.05) is 32.0 Å². The van der Waals surface area contributed by atoms with Crippen LogP contribution in [0.5, 0.6) is 5.75 Å². The molecule has 0 saturated carbocycles. The Bertz CT molecular complexity index is 905. The number of nitrogens with zero attached hydrogens (tertiary/aromatic N) is 1. The molecule has 0 bridgehead atoms. The van der Waals surface area contributed by atoms with E-state index in [0.717, 1.165) is 23.3 Å². The van der Waals surface area contributed by atoms with Gasteiger partial charge in [-0.25, -0.2) is 8.78 Å². The van der Waals surface area contributed by atoms with Crippen molar-refractivity contribution in [3.63, 3.8) is 0 Å². The SMILES string of the molecule is Cc1ccc(C)c(C(=O)CCC(=O)N2CCC(Oc3ccc(F)cc3F)CC2)c1. The fourth-order valence-corrected chi connectivity index (χ4v) is 3.52. The molecule has 6 heteroatoms. The summed E-state index contributed by atoms with van der Waals surface area (Å²) in [6.45, 7) is 4.81. The average Bonchev–Trinajstić information content (AvgIpc) is 2.70. The molecule has 1 aliphatic rings. The van der Waals surface area contributed by atoms with E-state index in [2.05, 4.69) is 0 Å². The molecule has 1 aliphatic heterocycles. The lowest BCUT2D eigenvalue weighted by atomic mass is 9.99. The quantitative estimate of drug-likeness (QED) is 0.664. The van der Waals surface area contributed by atoms with E-state index in [0.29, 0.717) is 31.5 Å². The third kappa shape index (κ3) is 5.40. The number of benzene rings is 2. The van der Waals surface area contributed by atoms with Crippen LogP contribution in [0.1, 0.15) is 47.2 Å². The maximum atomic E-state index is 13.7. The minimum Gasteiger partial charge on any atom is -0.487 e. The number of hydrogen-bond donors (Lipinski definition) is 0. The van der Waals surface area contributed by atoms with Gasteiger partial charge in [0.1, 0.15) is 11.9 Å². The molecule has 1 heterocycles. The maximum absolute atomic E-state index is 13.7. The highest BCUT2D eigenvalue weighted by molar-refractivity contribution is 5.99. The molecule has 29 heavy (non-hydrogen) atoms. The molecule has 2 aromatic rings. The lowest BCUT2D eigenvalue weighted by molar-refractivity contribution is -0.132. The third-order valence-corrected chi connectivity index (χ3v) is 5.24. The Morgan fingerprint density at radius 1 is 1.03 bits per heavy atom. The summed E-state index contributed by atoms with van der Waals surface area (Å²) in [5.74, 6) is -1.44. The second-order valence-corrected chi connectivity index (χ2v) is 7.51. The predicted octanol–water partition coefficient (Wildman–Crippen LogP) is 4.61. The predicted molar refractivity (Wildman–Crippen MR) is 106 cm³/mol. The molecule has 3 rings (SSSR count). The molecule has 1 fully saturated rings. The zero-order chi connectivity index (χ0) is 21.0. The monoisotopic (exact) mass is 401 g/mol. The first-order valence-corrected chi connectivity index (χ1v) is 9.83. The normalized spacial score (nSPS) is 14.7. The lowest BCUT2D eigenvalue weighted by Crippen LogP contribution is -2.41. The zero-order valence-corrected chi connectivity index (χ0v) is 16.7. The van der Waals surface area contributed by atoms with E-state index in [4.69, 9.17) is 4.74 Å². The Labute approximate surface area is 169 Å². The van der Waals surface area contributed by atoms with E-state index in [1.165, 1.54) is 6.07 Å². The van der Waals surface area contributed by atoms with Crippen molar-refractivity contribution in [1.29, 1.82) is 0 Å². The van der Waals surface area contributed by atoms with Gasteiger partial charge in [0, 0.05) is 50.4 Å². The smallest absolute Gasteiger partial charge is 0.223 e. The van der Waals surface area contributed by atoms with Crippen molar-refractivity contribution in [2.24, 2.45) is 0 Å². The molecule has 0 atom stereocenters. The minimum atomic E-state index is -0.728. The first-order chi connectivity index (χ1) is 13.8. The van der Waals surface area contributed by atoms with Gasteiger partial charge in [0.15, 0.2) is 17.3 Å². The number of aryl methyl sites for hydroxylation is 2. The molecule has 0 aromatic heterocycles. The number of halogens is 2. The van der Waals surface area contributed by atoms with Gasteiger partial charge < -0.3 is 9.64 Å². The van der Waals surface area contributed by atoms with Crippen LogP contribution in [0.25, 0.3) is 0 Å². The van der Waals surface area contributed by atoms with Crippen LogP contribution in [0.2, 0.25) is 0 Å². The van der Waals surface area contributed by atoms with E-state index in [9.17, 15) is 18.4 Å². The van der Waals surface area contributed by atoms with Crippen molar-refractivity contribution in [3.8, 4) is 5.75 Å². The molecule has 2 aromatic carbocycles. The largest absolute Gasteiger partial charge is 0.487 e. The summed E-state index contributed by atoms with van der Waals surface area (Å²) in [6, 6.07) is 8.96. The van der Waals surface area contributed by atoms with Gasteiger partial charge in [-0.2, -0.15) is 0 Å². The zero-order valence-electron chi connectivity index (χ0n) is 16.7. The van der Waals surface area contributed by atoms with Crippen molar-refractivity contribution in [2.45, 2.75) is 45.6 Å². The second-order valence-electron chi connectivity index (χ2n) is 7.51. The Balaban J connectivity index is 1.47. The van der Waals surface area contributed by atoms with Crippen LogP contribution in [-0.4, -0.2) is 35.8 Å². The van der Waals surface area contributed by atoms with Crippen molar-refractivity contribution in [2.75, 3.05) is 13.1 Å². The topological polar surface area (TPSA) is 46.6 Å². The van der Waals surface area contributed by atoms with Crippen LogP contribution in [0, 0.1) is 25.5 Å². The molecule has 0 spiro atoms. The molecule has 1 saturated heterocycles. The molecule has 0 N–H and O–H groups in total. The van der Waals surface area contributed by atoms with Gasteiger partial charge in [-0.1, -0.05) is 17.7 Å². The minimum absolute atomic E-state index is 0.0234. The molecule has 1 amide bonds. The van der Waals surface area contributed by atoms with E-state index in [-0.39, 0.29) is 36.4 Å². The summed E-state index contributed by atoms with van der Waals surface area (Å²) in [4.78, 5) is 26.7. The standard InChI is InChI=1S/C23H25F2NO3/c1-15-3-4-16(2)19(13-15)21(27)6-8-23(28)26-11-9-18(10-12-26)29-22-7-5-17(24)14-20(22)25/h3-5,7,13-14,18H,6,8-12H2,1-2H3. The average molecular weight is 401 g/mol. The molecule has 4 nitrogen and oxygen atoms in total. The van der Waals surface area contributed by atoms with Gasteiger partial charge in [0.05, 0.1) is 0 Å². The molecule has 0 aliphatic carbocycles. The number of hydrogen-bond acceptors (Lipinski definition) is 3. The molecular weight excluding hydrogens is 376 g/mol. The van der Waals surface area contributed by atoms with Crippen molar-refractivity contribution < 1.29 is 23.1 Å². The third-order valence-electron chi connectivity index (χ3n) is 5.24. The van der Waals surface area contributed by atoms with Gasteiger partial charge in [-0.05, 0) is 37.6 Å². The number of ketones is 1. The number of likely N-dealkylation sites (tertiary alicyclic amines) is 1. The van der Waals surface area contributed by atoms with Crippen LogP contribution in [-0.2, 0) is 4.79 Å². The summed E-state index contributed by atoms with van der Waals surface area (Å²) >= 11 is 0. The van der Waals surface area contributed by atoms with E-state index >= 15 is 0 Å². The van der Waals surface area contributed by atoms with Crippen LogP contribution >= 0.6 is 0 Å². The van der Waals surface area contributed by atoms with Crippen LogP contribution in [0.15, 0.2) is 36.4 Å². The summed E-state index contributed by atoms with van der Waals surface area (Å²) in [5, 5.41) is 0. The number of carbonyl (C=O) groups is 2. The Morgan fingerprint density at radius 3 is 2.45 bits per heavy atom.